The van der Waals surface area contributed by atoms with Gasteiger partial charge in [0.1, 0.15) is 6.20 Å². The van der Waals surface area contributed by atoms with Crippen LogP contribution in [-0.2, 0) is 0 Å². The van der Waals surface area contributed by atoms with Gasteiger partial charge in [0, 0.05) is 0 Å². The lowest BCUT2D eigenvalue weighted by Crippen LogP contribution is -1.95. The van der Waals surface area contributed by atoms with E-state index in [9.17, 15) is 0 Å². The number of rotatable bonds is 1. The maximum absolute atomic E-state index is 8.89. The summed E-state index contributed by atoms with van der Waals surface area (Å²) in [6.45, 7) is 0. The highest BCUT2D eigenvalue weighted by molar-refractivity contribution is 5.44. The Morgan fingerprint density at radius 2 is 2.45 bits per heavy atom. The van der Waals surface area contributed by atoms with Crippen molar-refractivity contribution < 1.29 is 9.84 Å². The molecule has 0 aromatic carbocycles. The normalized spacial score (nSPS) is 10.2. The van der Waals surface area contributed by atoms with Gasteiger partial charge in [0.15, 0.2) is 5.69 Å². The highest BCUT2D eigenvalue weighted by atomic mass is 16.6. The van der Waals surface area contributed by atoms with Gasteiger partial charge in [0.2, 0.25) is 5.82 Å². The topological polar surface area (TPSA) is 103 Å². The minimum atomic E-state index is 0.0891. The van der Waals surface area contributed by atoms with Crippen LogP contribution in [0.25, 0.3) is 11.5 Å². The smallest absolute Gasteiger partial charge is 0.245 e. The Morgan fingerprint density at radius 1 is 1.55 bits per heavy atom. The van der Waals surface area contributed by atoms with Crippen LogP contribution in [0.1, 0.15) is 0 Å². The van der Waals surface area contributed by atoms with Crippen LogP contribution in [-0.4, -0.2) is 35.9 Å². The molecule has 2 aromatic heterocycles. The van der Waals surface area contributed by atoms with Gasteiger partial charge in [-0.15, -0.1) is 5.10 Å². The van der Waals surface area contributed by atoms with E-state index in [1.807, 2.05) is 0 Å². The van der Waals surface area contributed by atoms with Crippen molar-refractivity contribution in [2.45, 2.75) is 0 Å². The van der Waals surface area contributed by atoms with Crippen LogP contribution in [0.15, 0.2) is 10.8 Å². The summed E-state index contributed by atoms with van der Waals surface area (Å²) in [6, 6.07) is 0. The van der Waals surface area contributed by atoms with E-state index >= 15 is 0 Å². The zero-order chi connectivity index (χ0) is 7.68. The molecule has 0 unspecified atom stereocenters. The molecule has 1 N–H and O–H groups in total. The molecule has 8 heteroatoms. The molecule has 56 valence electrons. The van der Waals surface area contributed by atoms with Crippen LogP contribution in [0, 0.1) is 0 Å². The fraction of sp³-hybridized carbons (Fsp3) is 0. The molecule has 0 aliphatic carbocycles. The fourth-order valence-corrected chi connectivity index (χ4v) is 0.599. The maximum atomic E-state index is 8.89. The van der Waals surface area contributed by atoms with E-state index in [1.165, 1.54) is 6.20 Å². The molecular weight excluding hydrogens is 152 g/mol. The van der Waals surface area contributed by atoms with E-state index in [1.54, 1.807) is 0 Å². The molecule has 0 aliphatic rings. The van der Waals surface area contributed by atoms with Crippen molar-refractivity contribution in [1.29, 1.82) is 0 Å². The monoisotopic (exact) mass is 154 g/mol. The summed E-state index contributed by atoms with van der Waals surface area (Å²) >= 11 is 0. The highest BCUT2D eigenvalue weighted by Gasteiger charge is 2.10. The summed E-state index contributed by atoms with van der Waals surface area (Å²) < 4.78 is 4.27. The Morgan fingerprint density at radius 3 is 3.00 bits per heavy atom. The first kappa shape index (κ1) is 5.77. The first-order valence-corrected chi connectivity index (χ1v) is 2.63. The third kappa shape index (κ3) is 0.801. The fourth-order valence-electron chi connectivity index (χ4n) is 0.599. The summed E-state index contributed by atoms with van der Waals surface area (Å²) in [7, 11) is 0. The largest absolute Gasteiger partial charge is 0.409 e. The summed E-state index contributed by atoms with van der Waals surface area (Å²) in [5, 5.41) is 25.4. The molecule has 0 saturated carbocycles. The quantitative estimate of drug-likeness (QED) is 0.523. The SMILES string of the molecule is On1nnnc1-c1cnon1. The van der Waals surface area contributed by atoms with E-state index in [0.29, 0.717) is 4.85 Å². The second-order valence-corrected chi connectivity index (χ2v) is 1.68. The van der Waals surface area contributed by atoms with Crippen molar-refractivity contribution in [3.8, 4) is 11.5 Å². The second-order valence-electron chi connectivity index (χ2n) is 1.68. The van der Waals surface area contributed by atoms with E-state index in [4.69, 9.17) is 5.21 Å². The molecule has 2 aromatic rings. The molecule has 0 atom stereocenters. The van der Waals surface area contributed by atoms with Crippen LogP contribution in [0.2, 0.25) is 0 Å². The van der Waals surface area contributed by atoms with Crippen molar-refractivity contribution in [2.24, 2.45) is 0 Å². The van der Waals surface area contributed by atoms with Gasteiger partial charge in [-0.2, -0.15) is 0 Å². The average Bonchev–Trinajstić information content (AvgIpc) is 2.55. The highest BCUT2D eigenvalue weighted by Crippen LogP contribution is 2.07. The number of tetrazole rings is 1. The Balaban J connectivity index is 2.53. The number of hydrogen-bond donors (Lipinski definition) is 1. The maximum Gasteiger partial charge on any atom is 0.245 e. The first-order valence-electron chi connectivity index (χ1n) is 2.63. The lowest BCUT2D eigenvalue weighted by Gasteiger charge is -1.86. The molecule has 2 heterocycles. The summed E-state index contributed by atoms with van der Waals surface area (Å²) in [6.07, 6.45) is 1.29. The van der Waals surface area contributed by atoms with Gasteiger partial charge in [-0.1, -0.05) is 10.0 Å². The van der Waals surface area contributed by atoms with Gasteiger partial charge in [-0.25, -0.2) is 4.63 Å². The molecule has 2 rings (SSSR count). The van der Waals surface area contributed by atoms with Gasteiger partial charge in [0.25, 0.3) is 0 Å². The van der Waals surface area contributed by atoms with Gasteiger partial charge < -0.3 is 5.21 Å². The first-order chi connectivity index (χ1) is 5.38. The minimum Gasteiger partial charge on any atom is -0.409 e. The van der Waals surface area contributed by atoms with Crippen molar-refractivity contribution in [3.05, 3.63) is 6.20 Å². The number of aromatic nitrogens is 6. The zero-order valence-corrected chi connectivity index (χ0v) is 5.12. The third-order valence-corrected chi connectivity index (χ3v) is 1.04. The van der Waals surface area contributed by atoms with Crippen LogP contribution in [0.4, 0.5) is 0 Å². The van der Waals surface area contributed by atoms with E-state index in [0.717, 1.165) is 0 Å². The van der Waals surface area contributed by atoms with Crippen molar-refractivity contribution >= 4 is 0 Å². The molecule has 0 spiro atoms. The van der Waals surface area contributed by atoms with Crippen LogP contribution in [0.3, 0.4) is 0 Å². The van der Waals surface area contributed by atoms with Gasteiger partial charge in [-0.05, 0) is 15.6 Å². The van der Waals surface area contributed by atoms with Gasteiger partial charge >= 0.3 is 0 Å². The van der Waals surface area contributed by atoms with Crippen LogP contribution >= 0.6 is 0 Å². The lowest BCUT2D eigenvalue weighted by atomic mass is 10.5. The Labute approximate surface area is 59.4 Å². The van der Waals surface area contributed by atoms with Crippen molar-refractivity contribution in [3.63, 3.8) is 0 Å². The molecule has 0 amide bonds. The van der Waals surface area contributed by atoms with E-state index in [-0.39, 0.29) is 11.5 Å². The van der Waals surface area contributed by atoms with Crippen molar-refractivity contribution in [1.82, 2.24) is 30.7 Å². The standard InChI is InChI=1S/C3H2N6O2/c10-9-3(5-7-8-9)2-1-4-11-6-2/h1,10H. The summed E-state index contributed by atoms with van der Waals surface area (Å²) in [4.78, 5) is 0.486. The summed E-state index contributed by atoms with van der Waals surface area (Å²) in [5.74, 6) is 0.0891. The average molecular weight is 154 g/mol. The molecule has 0 saturated heterocycles. The Kier molecular flexibility index (Phi) is 1.05. The van der Waals surface area contributed by atoms with E-state index in [2.05, 4.69) is 30.5 Å². The van der Waals surface area contributed by atoms with Gasteiger partial charge in [0.05, 0.1) is 0 Å². The zero-order valence-electron chi connectivity index (χ0n) is 5.12. The number of nitrogens with zero attached hydrogens (tertiary/aromatic N) is 6. The van der Waals surface area contributed by atoms with Crippen LogP contribution < -0.4 is 0 Å². The van der Waals surface area contributed by atoms with Gasteiger partial charge in [-0.3, -0.25) is 0 Å². The van der Waals surface area contributed by atoms with E-state index < -0.39 is 0 Å². The second kappa shape index (κ2) is 2.01. The molecule has 0 fully saturated rings. The molecule has 8 nitrogen and oxygen atoms in total. The molecule has 0 aliphatic heterocycles. The predicted molar refractivity (Wildman–Crippen MR) is 28.3 cm³/mol. The molecule has 0 bridgehead atoms. The Bertz CT molecular complexity index is 338. The summed E-state index contributed by atoms with van der Waals surface area (Å²) in [5.41, 5.74) is 0.275. The number of hydrogen-bond acceptors (Lipinski definition) is 7. The minimum absolute atomic E-state index is 0.0891. The molecular formula is C3H2N6O2. The lowest BCUT2D eigenvalue weighted by molar-refractivity contribution is 0.146. The third-order valence-electron chi connectivity index (χ3n) is 1.04. The Hall–Kier alpha value is -1.99. The molecule has 11 heavy (non-hydrogen) atoms. The van der Waals surface area contributed by atoms with Crippen LogP contribution in [0.5, 0.6) is 0 Å². The predicted octanol–water partition coefficient (Wildman–Crippen LogP) is -1.04. The van der Waals surface area contributed by atoms with Crippen molar-refractivity contribution in [2.75, 3.05) is 0 Å². The molecule has 0 radical (unpaired) electrons.